The van der Waals surface area contributed by atoms with Gasteiger partial charge in [-0.2, -0.15) is 9.19 Å². The molecule has 2 fully saturated rings. The van der Waals surface area contributed by atoms with E-state index in [0.29, 0.717) is 5.56 Å². The Morgan fingerprint density at radius 3 is 2.68 bits per heavy atom. The minimum Gasteiger partial charge on any atom is -0.394 e. The van der Waals surface area contributed by atoms with Crippen LogP contribution in [0.25, 0.3) is 11.1 Å². The summed E-state index contributed by atoms with van der Waals surface area (Å²) in [5.41, 5.74) is 6.58. The van der Waals surface area contributed by atoms with Crippen LogP contribution in [-0.2, 0) is 24.5 Å². The van der Waals surface area contributed by atoms with E-state index >= 15 is 0 Å². The molecule has 3 heterocycles. The summed E-state index contributed by atoms with van der Waals surface area (Å²) in [6.45, 7) is -0.360. The fraction of sp³-hybridized carbons (Fsp3) is 0.333. The van der Waals surface area contributed by atoms with Gasteiger partial charge in [0.1, 0.15) is 18.0 Å². The van der Waals surface area contributed by atoms with E-state index in [-0.39, 0.29) is 12.4 Å². The molecule has 10 heteroatoms. The number of nitrogen functional groups attached to an aromatic ring is 1. The number of ether oxygens (including phenoxy) is 1. The maximum Gasteiger partial charge on any atom is 0.351 e. The molecule has 0 spiro atoms. The van der Waals surface area contributed by atoms with Gasteiger partial charge in [0.25, 0.3) is 0 Å². The molecule has 2 aliphatic rings. The van der Waals surface area contributed by atoms with Crippen molar-refractivity contribution in [3.63, 3.8) is 0 Å². The highest BCUT2D eigenvalue weighted by atomic mass is 32.2. The van der Waals surface area contributed by atoms with E-state index in [1.165, 1.54) is 10.8 Å². The number of nitrogens with two attached hydrogens (primary N) is 1. The summed E-state index contributed by atoms with van der Waals surface area (Å²) < 4.78 is 28.8. The molecule has 4 rings (SSSR count). The normalized spacial score (nSPS) is 31.2. The van der Waals surface area contributed by atoms with Crippen molar-refractivity contribution >= 4 is 17.2 Å². The monoisotopic (exact) mass is 365 g/mol. The van der Waals surface area contributed by atoms with Gasteiger partial charge in [0.05, 0.1) is 6.61 Å². The molecule has 0 bridgehead atoms. The lowest BCUT2D eigenvalue weighted by Crippen LogP contribution is -2.34. The predicted molar refractivity (Wildman–Crippen MR) is 87.2 cm³/mol. The Kier molecular flexibility index (Phi) is 4.13. The van der Waals surface area contributed by atoms with Crippen LogP contribution in [0.15, 0.2) is 41.3 Å². The fourth-order valence-electron chi connectivity index (χ4n) is 3.01. The van der Waals surface area contributed by atoms with E-state index in [1.54, 1.807) is 0 Å². The van der Waals surface area contributed by atoms with E-state index in [0.717, 1.165) is 5.56 Å². The first kappa shape index (κ1) is 16.4. The van der Waals surface area contributed by atoms with Crippen LogP contribution in [0.3, 0.4) is 0 Å². The minimum atomic E-state index is -1.95. The van der Waals surface area contributed by atoms with E-state index in [9.17, 15) is 14.1 Å². The molecule has 25 heavy (non-hydrogen) atoms. The van der Waals surface area contributed by atoms with Gasteiger partial charge in [0, 0.05) is 11.8 Å². The molecule has 132 valence electrons. The first-order chi connectivity index (χ1) is 12.1. The van der Waals surface area contributed by atoms with Crippen LogP contribution in [-0.4, -0.2) is 43.8 Å². The largest absolute Gasteiger partial charge is 0.394 e. The Bertz CT molecular complexity index is 873. The van der Waals surface area contributed by atoms with Crippen LogP contribution in [0.4, 0.5) is 5.82 Å². The van der Waals surface area contributed by atoms with Crippen LogP contribution in [0, 0.1) is 0 Å². The second-order valence-electron chi connectivity index (χ2n) is 5.67. The highest BCUT2D eigenvalue weighted by Crippen LogP contribution is 2.38. The SMILES string of the molecule is Nc1nc(=O)n([C@@H]2O[C@H](CO)[C@H]3OS(=O)O[C@H]32)cc1-c1ccccc1. The lowest BCUT2D eigenvalue weighted by Gasteiger charge is -2.19. The Labute approximate surface area is 144 Å². The molecule has 1 aromatic heterocycles. The summed E-state index contributed by atoms with van der Waals surface area (Å²) >= 11 is -1.95. The fourth-order valence-corrected chi connectivity index (χ4v) is 3.85. The molecule has 9 nitrogen and oxygen atoms in total. The highest BCUT2D eigenvalue weighted by molar-refractivity contribution is 7.75. The number of aromatic nitrogens is 2. The number of aliphatic hydroxyl groups is 1. The molecular weight excluding hydrogens is 350 g/mol. The predicted octanol–water partition coefficient (Wildman–Crippen LogP) is -0.255. The Hall–Kier alpha value is -2.11. The first-order valence-corrected chi connectivity index (χ1v) is 8.55. The quantitative estimate of drug-likeness (QED) is 0.762. The van der Waals surface area contributed by atoms with Gasteiger partial charge in [-0.05, 0) is 5.56 Å². The summed E-state index contributed by atoms with van der Waals surface area (Å²) in [6.07, 6.45) is -1.71. The summed E-state index contributed by atoms with van der Waals surface area (Å²) in [5, 5.41) is 9.43. The van der Waals surface area contributed by atoms with Gasteiger partial charge in [0.15, 0.2) is 12.3 Å². The number of fused-ring (bicyclic) bond motifs is 1. The summed E-state index contributed by atoms with van der Waals surface area (Å²) in [6, 6.07) is 9.21. The zero-order valence-electron chi connectivity index (χ0n) is 12.8. The van der Waals surface area contributed by atoms with Crippen LogP contribution in [0.1, 0.15) is 6.23 Å². The van der Waals surface area contributed by atoms with Gasteiger partial charge in [0.2, 0.25) is 0 Å². The lowest BCUT2D eigenvalue weighted by atomic mass is 10.1. The van der Waals surface area contributed by atoms with Gasteiger partial charge in [-0.1, -0.05) is 30.3 Å². The second-order valence-corrected chi connectivity index (χ2v) is 6.46. The Balaban J connectivity index is 1.78. The van der Waals surface area contributed by atoms with Gasteiger partial charge in [-0.25, -0.2) is 4.79 Å². The third-order valence-corrected chi connectivity index (χ3v) is 4.94. The minimum absolute atomic E-state index is 0.0906. The number of rotatable bonds is 3. The van der Waals surface area contributed by atoms with Crippen LogP contribution in [0.5, 0.6) is 0 Å². The van der Waals surface area contributed by atoms with E-state index in [2.05, 4.69) is 4.98 Å². The van der Waals surface area contributed by atoms with Crippen LogP contribution in [0.2, 0.25) is 0 Å². The van der Waals surface area contributed by atoms with Crippen LogP contribution >= 0.6 is 0 Å². The summed E-state index contributed by atoms with van der Waals surface area (Å²) in [4.78, 5) is 16.2. The third-order valence-electron chi connectivity index (χ3n) is 4.18. The molecular formula is C15H15N3O6S. The smallest absolute Gasteiger partial charge is 0.351 e. The lowest BCUT2D eigenvalue weighted by molar-refractivity contribution is -0.0560. The molecule has 2 aliphatic heterocycles. The number of nitrogens with zero attached hydrogens (tertiary/aromatic N) is 2. The molecule has 2 aromatic rings. The number of anilines is 1. The zero-order chi connectivity index (χ0) is 17.6. The van der Waals surface area contributed by atoms with Crippen LogP contribution < -0.4 is 11.4 Å². The number of benzene rings is 1. The maximum atomic E-state index is 12.3. The van der Waals surface area contributed by atoms with Crippen molar-refractivity contribution in [1.29, 1.82) is 0 Å². The van der Waals surface area contributed by atoms with Gasteiger partial charge in [-0.15, -0.1) is 0 Å². The molecule has 1 aromatic carbocycles. The second kappa shape index (κ2) is 6.32. The number of hydrogen-bond acceptors (Lipinski definition) is 8. The van der Waals surface area contributed by atoms with Crippen molar-refractivity contribution in [3.8, 4) is 11.1 Å². The first-order valence-electron chi connectivity index (χ1n) is 7.55. The van der Waals surface area contributed by atoms with Gasteiger partial charge >= 0.3 is 17.1 Å². The van der Waals surface area contributed by atoms with E-state index in [4.69, 9.17) is 18.8 Å². The zero-order valence-corrected chi connectivity index (χ0v) is 13.7. The molecule has 0 saturated carbocycles. The van der Waals surface area contributed by atoms with Crippen molar-refractivity contribution < 1.29 is 22.4 Å². The molecule has 3 N–H and O–H groups in total. The number of aliphatic hydroxyl groups excluding tert-OH is 1. The van der Waals surface area contributed by atoms with Crippen molar-refractivity contribution in [2.75, 3.05) is 12.3 Å². The number of hydrogen-bond donors (Lipinski definition) is 2. The third kappa shape index (κ3) is 2.77. The standard InChI is InChI=1S/C15H15N3O6S/c16-13-9(8-4-2-1-3-5-8)6-18(15(20)17-13)14-12-11(10(7-19)22-14)23-25(21)24-12/h1-6,10-12,14,19H,7H2,(H2,16,17,20)/t10-,11-,12-,14-,25?/m1/s1. The maximum absolute atomic E-state index is 12.3. The molecule has 0 aliphatic carbocycles. The summed E-state index contributed by atoms with van der Waals surface area (Å²) in [5.74, 6) is 0.0906. The van der Waals surface area contributed by atoms with Crippen molar-refractivity contribution in [3.05, 3.63) is 47.0 Å². The topological polar surface area (TPSA) is 126 Å². The highest BCUT2D eigenvalue weighted by Gasteiger charge is 2.54. The Morgan fingerprint density at radius 1 is 1.24 bits per heavy atom. The molecule has 5 atom stereocenters. The van der Waals surface area contributed by atoms with E-state index < -0.39 is 41.6 Å². The average Bonchev–Trinajstić information content (AvgIpc) is 3.13. The molecule has 1 unspecified atom stereocenters. The molecule has 0 radical (unpaired) electrons. The van der Waals surface area contributed by atoms with Crippen molar-refractivity contribution in [2.45, 2.75) is 24.5 Å². The van der Waals surface area contributed by atoms with Crippen molar-refractivity contribution in [1.82, 2.24) is 9.55 Å². The summed E-state index contributed by atoms with van der Waals surface area (Å²) in [7, 11) is 0. The average molecular weight is 365 g/mol. The Morgan fingerprint density at radius 2 is 1.96 bits per heavy atom. The van der Waals surface area contributed by atoms with E-state index in [1.807, 2.05) is 30.3 Å². The van der Waals surface area contributed by atoms with Gasteiger partial charge in [-0.3, -0.25) is 12.9 Å². The van der Waals surface area contributed by atoms with Crippen molar-refractivity contribution in [2.24, 2.45) is 0 Å². The van der Waals surface area contributed by atoms with Gasteiger partial charge < -0.3 is 15.6 Å². The molecule has 2 saturated heterocycles. The molecule has 0 amide bonds.